The maximum Gasteiger partial charge on any atom is 0.363 e. The highest BCUT2D eigenvalue weighted by Gasteiger charge is 2.26. The van der Waals surface area contributed by atoms with Crippen molar-refractivity contribution < 1.29 is 23.4 Å². The van der Waals surface area contributed by atoms with E-state index in [9.17, 15) is 9.18 Å². The van der Waals surface area contributed by atoms with Crippen molar-refractivity contribution in [3.05, 3.63) is 96.9 Å². The minimum atomic E-state index is -0.646. The minimum Gasteiger partial charge on any atom is -0.493 e. The van der Waals surface area contributed by atoms with Gasteiger partial charge in [-0.2, -0.15) is 0 Å². The Morgan fingerprint density at radius 2 is 1.97 bits per heavy atom. The molecule has 0 aliphatic carbocycles. The summed E-state index contributed by atoms with van der Waals surface area (Å²) in [6.07, 6.45) is 1.57. The summed E-state index contributed by atoms with van der Waals surface area (Å²) in [6, 6.07) is 17.4. The Balaban J connectivity index is 1.60. The first-order valence-electron chi connectivity index (χ1n) is 9.47. The summed E-state index contributed by atoms with van der Waals surface area (Å²) in [5, 5.41) is 0. The van der Waals surface area contributed by atoms with Gasteiger partial charge in [0, 0.05) is 4.47 Å². The van der Waals surface area contributed by atoms with E-state index in [0.29, 0.717) is 23.7 Å². The molecule has 0 saturated heterocycles. The third kappa shape index (κ3) is 5.02. The number of cyclic esters (lactones) is 1. The zero-order chi connectivity index (χ0) is 22.7. The molecule has 0 amide bonds. The Morgan fingerprint density at radius 1 is 1.16 bits per heavy atom. The molecule has 1 aliphatic rings. The molecule has 0 atom stereocenters. The van der Waals surface area contributed by atoms with Crippen molar-refractivity contribution in [1.82, 2.24) is 0 Å². The lowest BCUT2D eigenvalue weighted by Crippen LogP contribution is -2.07. The zero-order valence-electron chi connectivity index (χ0n) is 16.8. The number of benzene rings is 3. The van der Waals surface area contributed by atoms with Crippen LogP contribution in [0.15, 0.2) is 75.8 Å². The first-order chi connectivity index (χ1) is 15.4. The van der Waals surface area contributed by atoms with Crippen LogP contribution in [0.2, 0.25) is 0 Å². The smallest absolute Gasteiger partial charge is 0.363 e. The minimum absolute atomic E-state index is 0.0602. The van der Waals surface area contributed by atoms with Gasteiger partial charge in [-0.25, -0.2) is 14.2 Å². The van der Waals surface area contributed by atoms with Crippen LogP contribution in [0.4, 0.5) is 4.39 Å². The Bertz CT molecular complexity index is 1260. The summed E-state index contributed by atoms with van der Waals surface area (Å²) in [5.41, 5.74) is 1.88. The molecule has 5 nitrogen and oxygen atoms in total. The Hall–Kier alpha value is -2.72. The van der Waals surface area contributed by atoms with Gasteiger partial charge in [-0.1, -0.05) is 40.2 Å². The number of carbonyl (C=O) groups excluding carboxylic acids is 1. The number of aliphatic imine (C=N–C) groups is 1. The number of halogens is 3. The average Bonchev–Trinajstić information content (AvgIpc) is 3.13. The number of rotatable bonds is 6. The second kappa shape index (κ2) is 9.83. The predicted molar refractivity (Wildman–Crippen MR) is 131 cm³/mol. The fraction of sp³-hybridized carbons (Fsp3) is 0.0833. The van der Waals surface area contributed by atoms with E-state index in [1.54, 1.807) is 31.4 Å². The monoisotopic (exact) mass is 607 g/mol. The number of hydrogen-bond acceptors (Lipinski definition) is 5. The lowest BCUT2D eigenvalue weighted by Gasteiger charge is -2.14. The van der Waals surface area contributed by atoms with Crippen molar-refractivity contribution in [2.24, 2.45) is 4.99 Å². The maximum absolute atomic E-state index is 14.0. The molecule has 4 rings (SSSR count). The molecule has 0 bridgehead atoms. The topological polar surface area (TPSA) is 57.1 Å². The van der Waals surface area contributed by atoms with E-state index in [0.717, 1.165) is 13.6 Å². The largest absolute Gasteiger partial charge is 0.493 e. The van der Waals surface area contributed by atoms with Gasteiger partial charge in [-0.15, -0.1) is 0 Å². The molecule has 0 spiro atoms. The fourth-order valence-corrected chi connectivity index (χ4v) is 4.29. The molecule has 8 heteroatoms. The molecule has 0 unspecified atom stereocenters. The summed E-state index contributed by atoms with van der Waals surface area (Å²) in [4.78, 5) is 16.5. The number of carbonyl (C=O) groups is 1. The number of esters is 1. The quantitative estimate of drug-likeness (QED) is 0.192. The van der Waals surface area contributed by atoms with E-state index in [-0.39, 0.29) is 17.2 Å². The molecule has 3 aromatic carbocycles. The predicted octanol–water partition coefficient (Wildman–Crippen LogP) is 6.12. The van der Waals surface area contributed by atoms with Crippen LogP contribution in [-0.2, 0) is 16.1 Å². The molecule has 32 heavy (non-hydrogen) atoms. The van der Waals surface area contributed by atoms with Crippen LogP contribution >= 0.6 is 38.5 Å². The van der Waals surface area contributed by atoms with Crippen molar-refractivity contribution in [3.8, 4) is 11.5 Å². The highest BCUT2D eigenvalue weighted by atomic mass is 127. The van der Waals surface area contributed by atoms with E-state index in [2.05, 4.69) is 43.5 Å². The SMILES string of the molecule is COc1cc(/C=C2\N=C(c3ccccc3F)OC2=O)cc(I)c1OCc1cccc(Br)c1. The van der Waals surface area contributed by atoms with Gasteiger partial charge < -0.3 is 14.2 Å². The first-order valence-corrected chi connectivity index (χ1v) is 11.3. The molecular formula is C24H16BrFINO4. The van der Waals surface area contributed by atoms with E-state index in [1.807, 2.05) is 30.3 Å². The molecular weight excluding hydrogens is 592 g/mol. The molecule has 0 fully saturated rings. The van der Waals surface area contributed by atoms with Crippen molar-refractivity contribution in [2.45, 2.75) is 6.61 Å². The number of nitrogens with zero attached hydrogens (tertiary/aromatic N) is 1. The van der Waals surface area contributed by atoms with Crippen LogP contribution in [0.3, 0.4) is 0 Å². The van der Waals surface area contributed by atoms with E-state index in [1.165, 1.54) is 12.1 Å². The Kier molecular flexibility index (Phi) is 6.90. The summed E-state index contributed by atoms with van der Waals surface area (Å²) in [5.74, 6) is -0.103. The summed E-state index contributed by atoms with van der Waals surface area (Å²) < 4.78 is 32.5. The lowest BCUT2D eigenvalue weighted by molar-refractivity contribution is -0.129. The fourth-order valence-electron chi connectivity index (χ4n) is 3.06. The molecule has 1 heterocycles. The maximum atomic E-state index is 14.0. The van der Waals surface area contributed by atoms with Crippen molar-refractivity contribution in [3.63, 3.8) is 0 Å². The van der Waals surface area contributed by atoms with Gasteiger partial charge in [0.15, 0.2) is 17.2 Å². The molecule has 0 aromatic heterocycles. The van der Waals surface area contributed by atoms with Crippen molar-refractivity contribution in [1.29, 1.82) is 0 Å². The zero-order valence-corrected chi connectivity index (χ0v) is 20.5. The molecule has 3 aromatic rings. The molecule has 0 radical (unpaired) electrons. The molecule has 162 valence electrons. The molecule has 1 aliphatic heterocycles. The highest BCUT2D eigenvalue weighted by molar-refractivity contribution is 14.1. The standard InChI is InChI=1S/C24H16BrFINO4/c1-30-21-12-15(10-19(27)22(21)31-13-14-5-4-6-16(25)9-14)11-20-24(29)32-23(28-20)17-7-2-3-8-18(17)26/h2-12H,13H2,1H3/b20-11-. The van der Waals surface area contributed by atoms with E-state index >= 15 is 0 Å². The van der Waals surface area contributed by atoms with Gasteiger partial charge in [-0.3, -0.25) is 0 Å². The van der Waals surface area contributed by atoms with Crippen molar-refractivity contribution in [2.75, 3.05) is 7.11 Å². The van der Waals surface area contributed by atoms with E-state index in [4.69, 9.17) is 14.2 Å². The summed E-state index contributed by atoms with van der Waals surface area (Å²) >= 11 is 5.60. The van der Waals surface area contributed by atoms with Crippen LogP contribution < -0.4 is 9.47 Å². The Labute approximate surface area is 206 Å². The number of hydrogen-bond donors (Lipinski definition) is 0. The third-order valence-corrected chi connectivity index (χ3v) is 5.85. The number of ether oxygens (including phenoxy) is 3. The normalized spacial score (nSPS) is 14.3. The highest BCUT2D eigenvalue weighted by Crippen LogP contribution is 2.35. The lowest BCUT2D eigenvalue weighted by atomic mass is 10.1. The van der Waals surface area contributed by atoms with Gasteiger partial charge in [0.25, 0.3) is 0 Å². The van der Waals surface area contributed by atoms with Crippen LogP contribution in [0.25, 0.3) is 6.08 Å². The molecule has 0 saturated carbocycles. The third-order valence-electron chi connectivity index (χ3n) is 4.55. The Morgan fingerprint density at radius 3 is 2.72 bits per heavy atom. The van der Waals surface area contributed by atoms with Crippen molar-refractivity contribution >= 4 is 56.5 Å². The van der Waals surface area contributed by atoms with Crippen LogP contribution in [-0.4, -0.2) is 19.0 Å². The van der Waals surface area contributed by atoms with Gasteiger partial charge >= 0.3 is 5.97 Å². The molecule has 0 N–H and O–H groups in total. The van der Waals surface area contributed by atoms with Gasteiger partial charge in [0.05, 0.1) is 16.2 Å². The average molecular weight is 608 g/mol. The first kappa shape index (κ1) is 22.5. The van der Waals surface area contributed by atoms with Crippen LogP contribution in [0, 0.1) is 9.39 Å². The van der Waals surface area contributed by atoms with Crippen LogP contribution in [0.5, 0.6) is 11.5 Å². The van der Waals surface area contributed by atoms with Gasteiger partial charge in [0.1, 0.15) is 12.4 Å². The summed E-state index contributed by atoms with van der Waals surface area (Å²) in [6.45, 7) is 0.370. The van der Waals surface area contributed by atoms with Gasteiger partial charge in [0.2, 0.25) is 5.90 Å². The summed E-state index contributed by atoms with van der Waals surface area (Å²) in [7, 11) is 1.55. The number of methoxy groups -OCH3 is 1. The van der Waals surface area contributed by atoms with Gasteiger partial charge in [-0.05, 0) is 76.2 Å². The second-order valence-corrected chi connectivity index (χ2v) is 8.85. The van der Waals surface area contributed by atoms with E-state index < -0.39 is 11.8 Å². The van der Waals surface area contributed by atoms with Crippen LogP contribution in [0.1, 0.15) is 16.7 Å². The second-order valence-electron chi connectivity index (χ2n) is 6.77.